The molecule has 0 spiro atoms. The second-order valence-corrected chi connectivity index (χ2v) is 4.46. The van der Waals surface area contributed by atoms with Gasteiger partial charge in [0.05, 0.1) is 11.2 Å². The molecule has 84 valence electrons. The highest BCUT2D eigenvalue weighted by molar-refractivity contribution is 7.07. The summed E-state index contributed by atoms with van der Waals surface area (Å²) in [6.07, 6.45) is 1.81. The molecule has 0 radical (unpaired) electrons. The smallest absolute Gasteiger partial charge is 0.123 e. The van der Waals surface area contributed by atoms with Gasteiger partial charge in [0.15, 0.2) is 0 Å². The van der Waals surface area contributed by atoms with Crippen LogP contribution in [0.2, 0.25) is 0 Å². The third kappa shape index (κ3) is 3.01. The highest BCUT2D eigenvalue weighted by Crippen LogP contribution is 2.08. The first kappa shape index (κ1) is 11.0. The van der Waals surface area contributed by atoms with Gasteiger partial charge in [-0.1, -0.05) is 6.07 Å². The van der Waals surface area contributed by atoms with Crippen LogP contribution in [-0.2, 0) is 13.1 Å². The van der Waals surface area contributed by atoms with Crippen molar-refractivity contribution in [1.29, 1.82) is 0 Å². The maximum absolute atomic E-state index is 5.53. The summed E-state index contributed by atoms with van der Waals surface area (Å²) in [5, 5.41) is 2.07. The lowest BCUT2D eigenvalue weighted by Gasteiger charge is -2.14. The van der Waals surface area contributed by atoms with Crippen LogP contribution in [0.4, 0.5) is 5.82 Å². The minimum Gasteiger partial charge on any atom is -0.384 e. The fraction of sp³-hybridized carbons (Fsp3) is 0.273. The number of thiazole rings is 1. The SMILES string of the molecule is CN(Cc1ccc(N)nc1)Cc1cscn1. The van der Waals surface area contributed by atoms with Gasteiger partial charge < -0.3 is 5.73 Å². The number of hydrogen-bond acceptors (Lipinski definition) is 5. The van der Waals surface area contributed by atoms with E-state index in [1.165, 1.54) is 0 Å². The Morgan fingerprint density at radius 3 is 2.81 bits per heavy atom. The van der Waals surface area contributed by atoms with Crippen molar-refractivity contribution in [3.8, 4) is 0 Å². The molecular weight excluding hydrogens is 220 g/mol. The number of hydrogen-bond donors (Lipinski definition) is 1. The fourth-order valence-corrected chi connectivity index (χ4v) is 2.04. The quantitative estimate of drug-likeness (QED) is 0.875. The van der Waals surface area contributed by atoms with Crippen LogP contribution in [-0.4, -0.2) is 21.9 Å². The van der Waals surface area contributed by atoms with Crippen molar-refractivity contribution < 1.29 is 0 Å². The van der Waals surface area contributed by atoms with Gasteiger partial charge in [0.2, 0.25) is 0 Å². The lowest BCUT2D eigenvalue weighted by molar-refractivity contribution is 0.315. The largest absolute Gasteiger partial charge is 0.384 e. The molecule has 0 saturated heterocycles. The molecule has 2 rings (SSSR count). The van der Waals surface area contributed by atoms with Crippen LogP contribution in [0.3, 0.4) is 0 Å². The molecule has 2 N–H and O–H groups in total. The molecule has 0 atom stereocenters. The summed E-state index contributed by atoms with van der Waals surface area (Å²) in [5.74, 6) is 0.561. The molecule has 0 bridgehead atoms. The van der Waals surface area contributed by atoms with E-state index in [4.69, 9.17) is 5.73 Å². The van der Waals surface area contributed by atoms with Gasteiger partial charge >= 0.3 is 0 Å². The van der Waals surface area contributed by atoms with Gasteiger partial charge in [-0.25, -0.2) is 9.97 Å². The van der Waals surface area contributed by atoms with Crippen LogP contribution in [0.5, 0.6) is 0 Å². The normalized spacial score (nSPS) is 10.9. The van der Waals surface area contributed by atoms with E-state index in [0.717, 1.165) is 24.3 Å². The van der Waals surface area contributed by atoms with Crippen LogP contribution in [0.1, 0.15) is 11.3 Å². The number of pyridine rings is 1. The third-order valence-electron chi connectivity index (χ3n) is 2.22. The van der Waals surface area contributed by atoms with Crippen molar-refractivity contribution in [3.63, 3.8) is 0 Å². The number of aromatic nitrogens is 2. The maximum Gasteiger partial charge on any atom is 0.123 e. The first-order chi connectivity index (χ1) is 7.74. The molecule has 0 saturated carbocycles. The molecule has 2 aromatic rings. The van der Waals surface area contributed by atoms with Crippen LogP contribution in [0.25, 0.3) is 0 Å². The van der Waals surface area contributed by atoms with Gasteiger partial charge in [-0.2, -0.15) is 0 Å². The lowest BCUT2D eigenvalue weighted by atomic mass is 10.2. The molecule has 0 unspecified atom stereocenters. The topological polar surface area (TPSA) is 55.0 Å². The Labute approximate surface area is 98.8 Å². The van der Waals surface area contributed by atoms with E-state index < -0.39 is 0 Å². The summed E-state index contributed by atoms with van der Waals surface area (Å²) < 4.78 is 0. The van der Waals surface area contributed by atoms with Gasteiger partial charge in [-0.05, 0) is 18.7 Å². The minimum atomic E-state index is 0.561. The Morgan fingerprint density at radius 2 is 2.19 bits per heavy atom. The second-order valence-electron chi connectivity index (χ2n) is 3.74. The molecule has 0 aliphatic heterocycles. The Kier molecular flexibility index (Phi) is 3.48. The predicted octanol–water partition coefficient (Wildman–Crippen LogP) is 1.75. The zero-order valence-electron chi connectivity index (χ0n) is 9.13. The lowest BCUT2D eigenvalue weighted by Crippen LogP contribution is -2.17. The maximum atomic E-state index is 5.53. The molecule has 4 nitrogen and oxygen atoms in total. The van der Waals surface area contributed by atoms with Crippen molar-refractivity contribution >= 4 is 17.2 Å². The molecule has 0 aliphatic carbocycles. The van der Waals surface area contributed by atoms with Gasteiger partial charge in [-0.3, -0.25) is 4.90 Å². The highest BCUT2D eigenvalue weighted by Gasteiger charge is 2.03. The molecule has 0 aliphatic rings. The Balaban J connectivity index is 1.92. The van der Waals surface area contributed by atoms with Gasteiger partial charge in [0, 0.05) is 24.7 Å². The summed E-state index contributed by atoms with van der Waals surface area (Å²) >= 11 is 1.62. The van der Waals surface area contributed by atoms with E-state index >= 15 is 0 Å². The van der Waals surface area contributed by atoms with E-state index in [2.05, 4.69) is 27.3 Å². The predicted molar refractivity (Wildman–Crippen MR) is 65.9 cm³/mol. The molecule has 0 amide bonds. The first-order valence-corrected chi connectivity index (χ1v) is 5.94. The molecule has 5 heteroatoms. The Hall–Kier alpha value is -1.46. The minimum absolute atomic E-state index is 0.561. The second kappa shape index (κ2) is 5.05. The number of nitrogens with two attached hydrogens (primary N) is 1. The van der Waals surface area contributed by atoms with Crippen LogP contribution >= 0.6 is 11.3 Å². The van der Waals surface area contributed by atoms with Crippen LogP contribution in [0, 0.1) is 0 Å². The van der Waals surface area contributed by atoms with Gasteiger partial charge in [0.1, 0.15) is 5.82 Å². The number of anilines is 1. The zero-order valence-corrected chi connectivity index (χ0v) is 9.94. The molecule has 2 heterocycles. The summed E-state index contributed by atoms with van der Waals surface area (Å²) in [6, 6.07) is 3.83. The highest BCUT2D eigenvalue weighted by atomic mass is 32.1. The molecule has 2 aromatic heterocycles. The van der Waals surface area contributed by atoms with Crippen LogP contribution in [0.15, 0.2) is 29.2 Å². The molecular formula is C11H14N4S. The summed E-state index contributed by atoms with van der Waals surface area (Å²) in [4.78, 5) is 10.5. The average molecular weight is 234 g/mol. The monoisotopic (exact) mass is 234 g/mol. The Bertz CT molecular complexity index is 424. The van der Waals surface area contributed by atoms with Gasteiger partial charge in [-0.15, -0.1) is 11.3 Å². The fourth-order valence-electron chi connectivity index (χ4n) is 1.49. The van der Waals surface area contributed by atoms with E-state index in [1.807, 2.05) is 23.8 Å². The van der Waals surface area contributed by atoms with Crippen molar-refractivity contribution in [2.75, 3.05) is 12.8 Å². The van der Waals surface area contributed by atoms with Crippen molar-refractivity contribution in [1.82, 2.24) is 14.9 Å². The summed E-state index contributed by atoms with van der Waals surface area (Å²) in [5.41, 5.74) is 9.66. The van der Waals surface area contributed by atoms with Gasteiger partial charge in [0.25, 0.3) is 0 Å². The van der Waals surface area contributed by atoms with Crippen molar-refractivity contribution in [2.24, 2.45) is 0 Å². The summed E-state index contributed by atoms with van der Waals surface area (Å²) in [7, 11) is 2.07. The molecule has 16 heavy (non-hydrogen) atoms. The summed E-state index contributed by atoms with van der Waals surface area (Å²) in [6.45, 7) is 1.71. The van der Waals surface area contributed by atoms with Crippen molar-refractivity contribution in [2.45, 2.75) is 13.1 Å². The zero-order chi connectivity index (χ0) is 11.4. The molecule has 0 aromatic carbocycles. The number of nitrogen functional groups attached to an aromatic ring is 1. The van der Waals surface area contributed by atoms with Crippen molar-refractivity contribution in [3.05, 3.63) is 40.5 Å². The van der Waals surface area contributed by atoms with Crippen LogP contribution < -0.4 is 5.73 Å². The van der Waals surface area contributed by atoms with E-state index in [9.17, 15) is 0 Å². The number of rotatable bonds is 4. The van der Waals surface area contributed by atoms with E-state index in [1.54, 1.807) is 11.3 Å². The average Bonchev–Trinajstić information content (AvgIpc) is 2.74. The standard InChI is InChI=1S/C11H14N4S/c1-15(6-10-7-16-8-14-10)5-9-2-3-11(12)13-4-9/h2-4,7-8H,5-6H2,1H3,(H2,12,13). The third-order valence-corrected chi connectivity index (χ3v) is 2.85. The number of nitrogens with zero attached hydrogens (tertiary/aromatic N) is 3. The Morgan fingerprint density at radius 1 is 1.31 bits per heavy atom. The molecule has 0 fully saturated rings. The van der Waals surface area contributed by atoms with E-state index in [0.29, 0.717) is 5.82 Å². The van der Waals surface area contributed by atoms with E-state index in [-0.39, 0.29) is 0 Å². The first-order valence-electron chi connectivity index (χ1n) is 5.00.